The van der Waals surface area contributed by atoms with Crippen molar-refractivity contribution >= 4 is 17.5 Å². The van der Waals surface area contributed by atoms with Crippen LogP contribution in [0.25, 0.3) is 16.9 Å². The second kappa shape index (κ2) is 9.05. The van der Waals surface area contributed by atoms with Gasteiger partial charge in [0.1, 0.15) is 17.2 Å². The molecule has 3 aromatic rings. The number of nitrogens with zero attached hydrogens (tertiary/aromatic N) is 2. The van der Waals surface area contributed by atoms with Crippen LogP contribution in [0.4, 0.5) is 22.0 Å². The monoisotopic (exact) mass is 473 g/mol. The summed E-state index contributed by atoms with van der Waals surface area (Å²) in [5, 5.41) is 14.7. The topological polar surface area (TPSA) is 84.2 Å². The molecule has 0 aliphatic rings. The van der Waals surface area contributed by atoms with Gasteiger partial charge in [0.15, 0.2) is 6.10 Å². The molecule has 0 spiro atoms. The Hall–Kier alpha value is -3.31. The number of carbonyl (C=O) groups is 1. The zero-order valence-corrected chi connectivity index (χ0v) is 16.6. The number of amides is 1. The zero-order valence-electron chi connectivity index (χ0n) is 15.8. The molecule has 2 aromatic carbocycles. The molecule has 0 radical (unpaired) electrons. The first-order valence-electron chi connectivity index (χ1n) is 8.86. The molecule has 0 saturated heterocycles. The third-order valence-electron chi connectivity index (χ3n) is 4.26. The van der Waals surface area contributed by atoms with Gasteiger partial charge < -0.3 is 10.4 Å². The summed E-state index contributed by atoms with van der Waals surface area (Å²) in [4.78, 5) is 25.3. The Labute approximate surface area is 181 Å². The van der Waals surface area contributed by atoms with Gasteiger partial charge in [-0.1, -0.05) is 23.7 Å². The molecule has 3 rings (SSSR count). The molecular weight excluding hydrogens is 461 g/mol. The lowest BCUT2D eigenvalue weighted by atomic mass is 10.1. The van der Waals surface area contributed by atoms with Crippen molar-refractivity contribution in [2.75, 3.05) is 6.54 Å². The minimum Gasteiger partial charge on any atom is -0.382 e. The third-order valence-corrected chi connectivity index (χ3v) is 4.56. The molecule has 6 nitrogen and oxygen atoms in total. The van der Waals surface area contributed by atoms with Crippen LogP contribution in [0.15, 0.2) is 53.3 Å². The molecule has 0 bridgehead atoms. The molecule has 168 valence electrons. The standard InChI is InChI=1S/C20H13ClF5N3O3/c21-14-5-4-10(6-15(14)23)16-8-13(18(31)27-9-17(30)20(24,25)26)19(32)29(28-16)12-3-1-2-11(22)7-12/h1-8,17,30H,9H2,(H,27,31)/t17-/m0/s1. The molecule has 1 amide bonds. The van der Waals surface area contributed by atoms with E-state index in [1.807, 2.05) is 5.32 Å². The van der Waals surface area contributed by atoms with E-state index in [2.05, 4.69) is 5.10 Å². The predicted octanol–water partition coefficient (Wildman–Crippen LogP) is 3.48. The molecule has 0 fully saturated rings. The van der Waals surface area contributed by atoms with Crippen molar-refractivity contribution in [2.24, 2.45) is 0 Å². The number of nitrogens with one attached hydrogen (secondary N) is 1. The van der Waals surface area contributed by atoms with Crippen molar-refractivity contribution in [3.05, 3.63) is 81.1 Å². The molecule has 32 heavy (non-hydrogen) atoms. The highest BCUT2D eigenvalue weighted by molar-refractivity contribution is 6.30. The van der Waals surface area contributed by atoms with E-state index in [1.165, 1.54) is 24.3 Å². The molecule has 0 saturated carbocycles. The van der Waals surface area contributed by atoms with Gasteiger partial charge in [-0.2, -0.15) is 23.0 Å². The van der Waals surface area contributed by atoms with Crippen molar-refractivity contribution in [3.8, 4) is 16.9 Å². The van der Waals surface area contributed by atoms with E-state index in [0.29, 0.717) is 4.68 Å². The van der Waals surface area contributed by atoms with E-state index < -0.39 is 47.5 Å². The van der Waals surface area contributed by atoms with Gasteiger partial charge in [0.2, 0.25) is 0 Å². The van der Waals surface area contributed by atoms with Crippen LogP contribution in [-0.4, -0.2) is 39.6 Å². The van der Waals surface area contributed by atoms with Crippen molar-refractivity contribution < 1.29 is 31.9 Å². The lowest BCUT2D eigenvalue weighted by Crippen LogP contribution is -2.42. The Morgan fingerprint density at radius 3 is 2.50 bits per heavy atom. The first kappa shape index (κ1) is 23.4. The van der Waals surface area contributed by atoms with Crippen LogP contribution < -0.4 is 10.9 Å². The lowest BCUT2D eigenvalue weighted by Gasteiger charge is -2.15. The quantitative estimate of drug-likeness (QED) is 0.556. The first-order chi connectivity index (χ1) is 15.0. The fourth-order valence-electron chi connectivity index (χ4n) is 2.64. The lowest BCUT2D eigenvalue weighted by molar-refractivity contribution is -0.201. The van der Waals surface area contributed by atoms with Crippen molar-refractivity contribution in [3.63, 3.8) is 0 Å². The van der Waals surface area contributed by atoms with E-state index in [4.69, 9.17) is 16.7 Å². The van der Waals surface area contributed by atoms with E-state index in [-0.39, 0.29) is 22.0 Å². The normalized spacial score (nSPS) is 12.5. The summed E-state index contributed by atoms with van der Waals surface area (Å²) in [6.07, 6.45) is -7.84. The summed E-state index contributed by atoms with van der Waals surface area (Å²) in [5.74, 6) is -2.80. The van der Waals surface area contributed by atoms with Gasteiger partial charge in [-0.3, -0.25) is 9.59 Å². The van der Waals surface area contributed by atoms with Gasteiger partial charge >= 0.3 is 6.18 Å². The number of carbonyl (C=O) groups excluding carboxylic acids is 1. The Morgan fingerprint density at radius 2 is 1.88 bits per heavy atom. The van der Waals surface area contributed by atoms with Gasteiger partial charge in [0.05, 0.1) is 22.9 Å². The smallest absolute Gasteiger partial charge is 0.382 e. The average molecular weight is 474 g/mol. The maximum atomic E-state index is 13.9. The van der Waals surface area contributed by atoms with Crippen molar-refractivity contribution in [1.82, 2.24) is 15.1 Å². The molecule has 0 aliphatic carbocycles. The Bertz CT molecular complexity index is 1230. The van der Waals surface area contributed by atoms with Crippen LogP contribution in [0.2, 0.25) is 5.02 Å². The summed E-state index contributed by atoms with van der Waals surface area (Å²) in [5.41, 5.74) is -1.86. The van der Waals surface area contributed by atoms with Gasteiger partial charge in [0, 0.05) is 5.56 Å². The van der Waals surface area contributed by atoms with Gasteiger partial charge in [-0.15, -0.1) is 0 Å². The van der Waals surface area contributed by atoms with Crippen LogP contribution in [0.1, 0.15) is 10.4 Å². The summed E-state index contributed by atoms with van der Waals surface area (Å²) < 4.78 is 65.7. The zero-order chi connectivity index (χ0) is 23.6. The predicted molar refractivity (Wildman–Crippen MR) is 105 cm³/mol. The van der Waals surface area contributed by atoms with Crippen molar-refractivity contribution in [1.29, 1.82) is 0 Å². The maximum Gasteiger partial charge on any atom is 0.416 e. The average Bonchev–Trinajstić information content (AvgIpc) is 2.73. The number of alkyl halides is 3. The largest absolute Gasteiger partial charge is 0.416 e. The van der Waals surface area contributed by atoms with Crippen LogP contribution in [-0.2, 0) is 0 Å². The molecule has 2 N–H and O–H groups in total. The second-order valence-corrected chi connectivity index (χ2v) is 6.94. The number of aliphatic hydroxyl groups excluding tert-OH is 1. The van der Waals surface area contributed by atoms with E-state index in [1.54, 1.807) is 0 Å². The number of rotatable bonds is 5. The van der Waals surface area contributed by atoms with Crippen LogP contribution in [0, 0.1) is 11.6 Å². The number of benzene rings is 2. The highest BCUT2D eigenvalue weighted by atomic mass is 35.5. The molecule has 1 aromatic heterocycles. The Balaban J connectivity index is 2.11. The molecule has 1 atom stereocenters. The summed E-state index contributed by atoms with van der Waals surface area (Å²) >= 11 is 5.66. The highest BCUT2D eigenvalue weighted by Crippen LogP contribution is 2.24. The number of hydrogen-bond donors (Lipinski definition) is 2. The number of aromatic nitrogens is 2. The van der Waals surface area contributed by atoms with E-state index in [0.717, 1.165) is 24.3 Å². The van der Waals surface area contributed by atoms with Crippen LogP contribution in [0.3, 0.4) is 0 Å². The number of hydrogen-bond acceptors (Lipinski definition) is 4. The first-order valence-corrected chi connectivity index (χ1v) is 9.24. The molecule has 0 aliphatic heterocycles. The Kier molecular flexibility index (Phi) is 6.60. The van der Waals surface area contributed by atoms with E-state index >= 15 is 0 Å². The SMILES string of the molecule is O=C(NC[C@H](O)C(F)(F)F)c1cc(-c2ccc(Cl)c(F)c2)nn(-c2cccc(F)c2)c1=O. The number of aliphatic hydroxyl groups is 1. The minimum atomic E-state index is -4.99. The van der Waals surface area contributed by atoms with Crippen molar-refractivity contribution in [2.45, 2.75) is 12.3 Å². The van der Waals surface area contributed by atoms with Gasteiger partial charge in [0.25, 0.3) is 11.5 Å². The highest BCUT2D eigenvalue weighted by Gasteiger charge is 2.38. The van der Waals surface area contributed by atoms with Gasteiger partial charge in [-0.05, 0) is 36.4 Å². The van der Waals surface area contributed by atoms with Crippen LogP contribution in [0.5, 0.6) is 0 Å². The fourth-order valence-corrected chi connectivity index (χ4v) is 2.75. The second-order valence-electron chi connectivity index (χ2n) is 6.54. The van der Waals surface area contributed by atoms with Crippen LogP contribution >= 0.6 is 11.6 Å². The number of halogens is 6. The molecule has 1 heterocycles. The summed E-state index contributed by atoms with van der Waals surface area (Å²) in [6, 6.07) is 9.06. The molecule has 12 heteroatoms. The molecule has 0 unspecified atom stereocenters. The summed E-state index contributed by atoms with van der Waals surface area (Å²) in [7, 11) is 0. The minimum absolute atomic E-state index is 0.0847. The summed E-state index contributed by atoms with van der Waals surface area (Å²) in [6.45, 7) is -1.21. The maximum absolute atomic E-state index is 13.9. The third kappa shape index (κ3) is 5.11. The van der Waals surface area contributed by atoms with E-state index in [9.17, 15) is 31.5 Å². The van der Waals surface area contributed by atoms with Gasteiger partial charge in [-0.25, -0.2) is 8.78 Å². The fraction of sp³-hybridized carbons (Fsp3) is 0.150. The molecular formula is C20H13ClF5N3O3. The Morgan fingerprint density at radius 1 is 1.16 bits per heavy atom.